The maximum atomic E-state index is 5.78. The lowest BCUT2D eigenvalue weighted by molar-refractivity contribution is 0.215. The topological polar surface area (TPSA) is 54.6 Å². The van der Waals surface area contributed by atoms with Gasteiger partial charge in [-0.1, -0.05) is 17.3 Å². The van der Waals surface area contributed by atoms with Crippen molar-refractivity contribution in [3.63, 3.8) is 0 Å². The third-order valence-corrected chi connectivity index (χ3v) is 5.80. The number of para-hydroxylation sites is 2. The van der Waals surface area contributed by atoms with Crippen LogP contribution in [0.2, 0.25) is 0 Å². The molecule has 1 aliphatic heterocycles. The van der Waals surface area contributed by atoms with Gasteiger partial charge in [0.2, 0.25) is 11.7 Å². The Morgan fingerprint density at radius 2 is 1.79 bits per heavy atom. The molecule has 0 N–H and O–H groups in total. The minimum absolute atomic E-state index is 0.650. The van der Waals surface area contributed by atoms with E-state index in [1.165, 1.54) is 10.6 Å². The van der Waals surface area contributed by atoms with E-state index in [4.69, 9.17) is 9.26 Å². The Kier molecular flexibility index (Phi) is 6.36. The summed E-state index contributed by atoms with van der Waals surface area (Å²) in [5.74, 6) is 2.27. The van der Waals surface area contributed by atoms with Crippen LogP contribution in [0.3, 0.4) is 0 Å². The zero-order valence-corrected chi connectivity index (χ0v) is 17.7. The second kappa shape index (κ2) is 9.33. The van der Waals surface area contributed by atoms with Gasteiger partial charge in [0.05, 0.1) is 18.8 Å². The van der Waals surface area contributed by atoms with E-state index in [0.29, 0.717) is 24.9 Å². The van der Waals surface area contributed by atoms with Crippen LogP contribution in [-0.2, 0) is 6.54 Å². The molecule has 0 atom stereocenters. The zero-order chi connectivity index (χ0) is 20.1. The van der Waals surface area contributed by atoms with E-state index in [1.807, 2.05) is 31.2 Å². The second-order valence-corrected chi connectivity index (χ2v) is 7.78. The summed E-state index contributed by atoms with van der Waals surface area (Å²) in [6.07, 6.45) is 2.07. The number of nitrogens with zero attached hydrogens (tertiary/aromatic N) is 4. The van der Waals surface area contributed by atoms with Crippen molar-refractivity contribution >= 4 is 17.4 Å². The number of ether oxygens (including phenoxy) is 1. The van der Waals surface area contributed by atoms with Crippen molar-refractivity contribution in [1.29, 1.82) is 0 Å². The van der Waals surface area contributed by atoms with Crippen LogP contribution in [0.4, 0.5) is 5.69 Å². The molecule has 7 heteroatoms. The molecule has 0 amide bonds. The van der Waals surface area contributed by atoms with E-state index >= 15 is 0 Å². The fourth-order valence-electron chi connectivity index (χ4n) is 3.51. The van der Waals surface area contributed by atoms with Gasteiger partial charge < -0.3 is 14.2 Å². The molecule has 4 rings (SSSR count). The van der Waals surface area contributed by atoms with Gasteiger partial charge in [-0.05, 0) is 49.6 Å². The number of piperazine rings is 1. The van der Waals surface area contributed by atoms with E-state index in [0.717, 1.165) is 37.5 Å². The first-order valence-corrected chi connectivity index (χ1v) is 11.2. The number of hydrogen-bond acceptors (Lipinski definition) is 7. The molecular formula is C22H26N4O2S. The molecule has 3 aromatic rings. The zero-order valence-electron chi connectivity index (χ0n) is 16.9. The number of benzene rings is 2. The van der Waals surface area contributed by atoms with Gasteiger partial charge in [-0.25, -0.2) is 0 Å². The van der Waals surface area contributed by atoms with Crippen LogP contribution in [0, 0.1) is 0 Å². The van der Waals surface area contributed by atoms with E-state index in [9.17, 15) is 0 Å². The minimum Gasteiger partial charge on any atom is -0.492 e. The number of thioether (sulfide) groups is 1. The summed E-state index contributed by atoms with van der Waals surface area (Å²) in [6.45, 7) is 7.15. The lowest BCUT2D eigenvalue weighted by atomic mass is 10.2. The molecule has 2 aromatic carbocycles. The van der Waals surface area contributed by atoms with Crippen LogP contribution in [0.5, 0.6) is 5.75 Å². The summed E-state index contributed by atoms with van der Waals surface area (Å²) in [7, 11) is 0. The highest BCUT2D eigenvalue weighted by Crippen LogP contribution is 2.29. The molecule has 6 nitrogen and oxygen atoms in total. The smallest absolute Gasteiger partial charge is 0.241 e. The first kappa shape index (κ1) is 19.8. The van der Waals surface area contributed by atoms with Crippen molar-refractivity contribution in [2.45, 2.75) is 18.4 Å². The van der Waals surface area contributed by atoms with E-state index < -0.39 is 0 Å². The Bertz CT molecular complexity index is 921. The highest BCUT2D eigenvalue weighted by molar-refractivity contribution is 7.98. The van der Waals surface area contributed by atoms with Crippen LogP contribution in [-0.4, -0.2) is 54.1 Å². The number of anilines is 1. The first-order valence-electron chi connectivity index (χ1n) is 9.93. The summed E-state index contributed by atoms with van der Waals surface area (Å²) in [6, 6.07) is 16.5. The summed E-state index contributed by atoms with van der Waals surface area (Å²) < 4.78 is 11.3. The SMILES string of the molecule is CCOc1ccccc1N1CCN(Cc2nc(-c3ccc(SC)cc3)no2)CC1. The van der Waals surface area contributed by atoms with Crippen LogP contribution < -0.4 is 9.64 Å². The molecular weight excluding hydrogens is 384 g/mol. The van der Waals surface area contributed by atoms with Crippen LogP contribution >= 0.6 is 11.8 Å². The fourth-order valence-corrected chi connectivity index (χ4v) is 3.92. The Balaban J connectivity index is 1.35. The van der Waals surface area contributed by atoms with Crippen LogP contribution in [0.25, 0.3) is 11.4 Å². The number of rotatable bonds is 7. The molecule has 2 heterocycles. The molecule has 0 aliphatic carbocycles. The van der Waals surface area contributed by atoms with Crippen molar-refractivity contribution in [3.05, 3.63) is 54.4 Å². The predicted molar refractivity (Wildman–Crippen MR) is 117 cm³/mol. The van der Waals surface area contributed by atoms with Crippen molar-refractivity contribution in [2.24, 2.45) is 0 Å². The fraction of sp³-hybridized carbons (Fsp3) is 0.364. The highest BCUT2D eigenvalue weighted by Gasteiger charge is 2.21. The molecule has 0 spiro atoms. The molecule has 0 bridgehead atoms. The molecule has 1 aromatic heterocycles. The third kappa shape index (κ3) is 4.74. The standard InChI is InChI=1S/C22H26N4O2S/c1-3-27-20-7-5-4-6-19(20)26-14-12-25(13-15-26)16-21-23-22(24-28-21)17-8-10-18(29-2)11-9-17/h4-11H,3,12-16H2,1-2H3. The van der Waals surface area contributed by atoms with Crippen molar-refractivity contribution in [3.8, 4) is 17.1 Å². The van der Waals surface area contributed by atoms with Gasteiger partial charge in [0.15, 0.2) is 0 Å². The Morgan fingerprint density at radius 3 is 2.52 bits per heavy atom. The molecule has 29 heavy (non-hydrogen) atoms. The average Bonchev–Trinajstić information content (AvgIpc) is 3.23. The molecule has 1 fully saturated rings. The van der Waals surface area contributed by atoms with Crippen LogP contribution in [0.15, 0.2) is 57.9 Å². The van der Waals surface area contributed by atoms with Gasteiger partial charge in [-0.2, -0.15) is 4.98 Å². The molecule has 0 saturated carbocycles. The van der Waals surface area contributed by atoms with E-state index in [1.54, 1.807) is 11.8 Å². The average molecular weight is 411 g/mol. The van der Waals surface area contributed by atoms with Gasteiger partial charge >= 0.3 is 0 Å². The maximum absolute atomic E-state index is 5.78. The Labute approximate surface area is 175 Å². The van der Waals surface area contributed by atoms with Crippen molar-refractivity contribution in [2.75, 3.05) is 43.9 Å². The van der Waals surface area contributed by atoms with E-state index in [-0.39, 0.29) is 0 Å². The van der Waals surface area contributed by atoms with Gasteiger partial charge in [-0.3, -0.25) is 4.90 Å². The predicted octanol–water partition coefficient (Wildman–Crippen LogP) is 4.18. The van der Waals surface area contributed by atoms with Crippen molar-refractivity contribution in [1.82, 2.24) is 15.0 Å². The highest BCUT2D eigenvalue weighted by atomic mass is 32.2. The summed E-state index contributed by atoms with van der Waals surface area (Å²) in [4.78, 5) is 10.5. The van der Waals surface area contributed by atoms with Crippen molar-refractivity contribution < 1.29 is 9.26 Å². The lowest BCUT2D eigenvalue weighted by Crippen LogP contribution is -2.46. The normalized spacial score (nSPS) is 14.9. The van der Waals surface area contributed by atoms with E-state index in [2.05, 4.69) is 50.5 Å². The first-order chi connectivity index (χ1) is 14.3. The molecule has 0 unspecified atom stereocenters. The van der Waals surface area contributed by atoms with Gasteiger partial charge in [-0.15, -0.1) is 11.8 Å². The summed E-state index contributed by atoms with van der Waals surface area (Å²) in [5, 5.41) is 4.16. The van der Waals surface area contributed by atoms with Gasteiger partial charge in [0, 0.05) is 36.6 Å². The lowest BCUT2D eigenvalue weighted by Gasteiger charge is -2.36. The summed E-state index contributed by atoms with van der Waals surface area (Å²) in [5.41, 5.74) is 2.15. The van der Waals surface area contributed by atoms with Gasteiger partial charge in [0.1, 0.15) is 5.75 Å². The largest absolute Gasteiger partial charge is 0.492 e. The Hall–Kier alpha value is -2.51. The monoisotopic (exact) mass is 410 g/mol. The summed E-state index contributed by atoms with van der Waals surface area (Å²) >= 11 is 1.72. The number of hydrogen-bond donors (Lipinski definition) is 0. The second-order valence-electron chi connectivity index (χ2n) is 6.90. The molecule has 0 radical (unpaired) electrons. The molecule has 152 valence electrons. The Morgan fingerprint density at radius 1 is 1.03 bits per heavy atom. The maximum Gasteiger partial charge on any atom is 0.241 e. The van der Waals surface area contributed by atoms with Gasteiger partial charge in [0.25, 0.3) is 0 Å². The molecule has 1 aliphatic rings. The minimum atomic E-state index is 0.650. The number of aromatic nitrogens is 2. The molecule has 1 saturated heterocycles. The quantitative estimate of drug-likeness (QED) is 0.542. The van der Waals surface area contributed by atoms with Crippen LogP contribution in [0.1, 0.15) is 12.8 Å². The third-order valence-electron chi connectivity index (χ3n) is 5.05.